The molecule has 0 aromatic heterocycles. The fraction of sp³-hybridized carbons (Fsp3) is 0.455. The number of hydrogen-bond acceptors (Lipinski definition) is 4. The number of hydrogen-bond donors (Lipinski definition) is 2. The predicted octanol–water partition coefficient (Wildman–Crippen LogP) is 0.873. The van der Waals surface area contributed by atoms with Gasteiger partial charge >= 0.3 is 0 Å². The van der Waals surface area contributed by atoms with Gasteiger partial charge < -0.3 is 10.4 Å². The number of rotatable bonds is 2. The minimum absolute atomic E-state index is 0.0802. The van der Waals surface area contributed by atoms with E-state index in [2.05, 4.69) is 5.32 Å². The van der Waals surface area contributed by atoms with Crippen LogP contribution < -0.4 is 5.32 Å². The number of nitrogens with one attached hydrogen (secondary N) is 1. The number of benzene rings is 1. The van der Waals surface area contributed by atoms with E-state index >= 15 is 0 Å². The molecule has 4 nitrogen and oxygen atoms in total. The molecule has 1 saturated heterocycles. The summed E-state index contributed by atoms with van der Waals surface area (Å²) < 4.78 is 22.6. The summed E-state index contributed by atoms with van der Waals surface area (Å²) in [5.41, 5.74) is 0.831. The first kappa shape index (κ1) is 11.4. The highest BCUT2D eigenvalue weighted by Crippen LogP contribution is 2.31. The van der Waals surface area contributed by atoms with Crippen molar-refractivity contribution in [1.82, 2.24) is 5.32 Å². The molecule has 1 atom stereocenters. The van der Waals surface area contributed by atoms with Gasteiger partial charge in [0.1, 0.15) is 5.75 Å². The van der Waals surface area contributed by atoms with Crippen molar-refractivity contribution in [2.75, 3.05) is 19.3 Å². The molecule has 1 unspecified atom stereocenters. The van der Waals surface area contributed by atoms with Crippen molar-refractivity contribution in [1.29, 1.82) is 0 Å². The Morgan fingerprint density at radius 2 is 2.19 bits per heavy atom. The third-order valence-corrected chi connectivity index (χ3v) is 4.04. The number of phenolic OH excluding ortho intramolecular Hbond substituents is 1. The molecule has 0 spiro atoms. The second-order valence-corrected chi connectivity index (χ2v) is 6.20. The third kappa shape index (κ3) is 2.20. The van der Waals surface area contributed by atoms with Crippen LogP contribution in [0.5, 0.6) is 5.75 Å². The topological polar surface area (TPSA) is 66.4 Å². The maximum atomic E-state index is 11.3. The van der Waals surface area contributed by atoms with Crippen LogP contribution in [0.4, 0.5) is 0 Å². The molecule has 5 heteroatoms. The Morgan fingerprint density at radius 1 is 1.44 bits per heavy atom. The molecule has 0 bridgehead atoms. The molecule has 0 radical (unpaired) electrons. The highest BCUT2D eigenvalue weighted by molar-refractivity contribution is 7.90. The van der Waals surface area contributed by atoms with E-state index in [1.54, 1.807) is 12.1 Å². The summed E-state index contributed by atoms with van der Waals surface area (Å²) in [6, 6.07) is 4.61. The Bertz CT molecular complexity index is 490. The van der Waals surface area contributed by atoms with Gasteiger partial charge in [-0.25, -0.2) is 8.42 Å². The van der Waals surface area contributed by atoms with Gasteiger partial charge in [-0.2, -0.15) is 0 Å². The Morgan fingerprint density at radius 3 is 2.69 bits per heavy atom. The molecule has 16 heavy (non-hydrogen) atoms. The molecular formula is C11H15NO3S. The first-order chi connectivity index (χ1) is 7.48. The lowest BCUT2D eigenvalue weighted by atomic mass is 9.98. The van der Waals surface area contributed by atoms with Crippen molar-refractivity contribution in [2.24, 2.45) is 0 Å². The van der Waals surface area contributed by atoms with Gasteiger partial charge in [-0.3, -0.25) is 0 Å². The molecule has 88 valence electrons. The van der Waals surface area contributed by atoms with Gasteiger partial charge in [0.05, 0.1) is 4.90 Å². The number of phenols is 1. The van der Waals surface area contributed by atoms with Gasteiger partial charge in [-0.15, -0.1) is 0 Å². The molecule has 1 aliphatic heterocycles. The number of aromatic hydroxyl groups is 1. The van der Waals surface area contributed by atoms with Crippen molar-refractivity contribution in [3.8, 4) is 5.75 Å². The van der Waals surface area contributed by atoms with E-state index in [0.717, 1.165) is 31.3 Å². The fourth-order valence-electron chi connectivity index (χ4n) is 2.02. The van der Waals surface area contributed by atoms with E-state index in [-0.39, 0.29) is 16.6 Å². The van der Waals surface area contributed by atoms with E-state index < -0.39 is 9.84 Å². The normalized spacial score (nSPS) is 21.2. The van der Waals surface area contributed by atoms with Crippen molar-refractivity contribution >= 4 is 9.84 Å². The molecule has 1 aromatic rings. The standard InChI is InChI=1S/C11H15NO3S/c1-16(14,15)9-2-3-10(11(13)6-9)8-4-5-12-7-8/h2-3,6,8,12-13H,4-5,7H2,1H3. The third-order valence-electron chi connectivity index (χ3n) is 2.93. The lowest BCUT2D eigenvalue weighted by molar-refractivity contribution is 0.460. The van der Waals surface area contributed by atoms with Crippen LogP contribution in [0.3, 0.4) is 0 Å². The molecule has 1 heterocycles. The van der Waals surface area contributed by atoms with Crippen LogP contribution in [0.2, 0.25) is 0 Å². The van der Waals surface area contributed by atoms with E-state index in [4.69, 9.17) is 0 Å². The van der Waals surface area contributed by atoms with Crippen LogP contribution >= 0.6 is 0 Å². The molecule has 1 aliphatic rings. The van der Waals surface area contributed by atoms with Gasteiger partial charge in [0.15, 0.2) is 9.84 Å². The lowest BCUT2D eigenvalue weighted by Crippen LogP contribution is -2.08. The molecule has 2 N–H and O–H groups in total. The second kappa shape index (κ2) is 4.07. The van der Waals surface area contributed by atoms with Gasteiger partial charge in [-0.1, -0.05) is 6.07 Å². The van der Waals surface area contributed by atoms with E-state index in [1.165, 1.54) is 6.07 Å². The van der Waals surface area contributed by atoms with Crippen LogP contribution in [0.15, 0.2) is 23.1 Å². The molecule has 0 aliphatic carbocycles. The molecule has 0 saturated carbocycles. The zero-order valence-corrected chi connectivity index (χ0v) is 9.92. The first-order valence-corrected chi connectivity index (χ1v) is 7.11. The van der Waals surface area contributed by atoms with Gasteiger partial charge in [0.2, 0.25) is 0 Å². The summed E-state index contributed by atoms with van der Waals surface area (Å²) in [5.74, 6) is 0.366. The summed E-state index contributed by atoms with van der Waals surface area (Å²) in [6.07, 6.45) is 2.12. The fourth-order valence-corrected chi connectivity index (χ4v) is 2.66. The van der Waals surface area contributed by atoms with Crippen molar-refractivity contribution in [2.45, 2.75) is 17.2 Å². The Kier molecular flexibility index (Phi) is 2.90. The van der Waals surface area contributed by atoms with Gasteiger partial charge in [-0.05, 0) is 30.7 Å². The highest BCUT2D eigenvalue weighted by atomic mass is 32.2. The van der Waals surface area contributed by atoms with E-state index in [1.807, 2.05) is 0 Å². The lowest BCUT2D eigenvalue weighted by Gasteiger charge is -2.11. The largest absolute Gasteiger partial charge is 0.508 e. The Labute approximate surface area is 95.2 Å². The van der Waals surface area contributed by atoms with E-state index in [9.17, 15) is 13.5 Å². The summed E-state index contributed by atoms with van der Waals surface area (Å²) in [7, 11) is -3.24. The summed E-state index contributed by atoms with van der Waals surface area (Å²) in [4.78, 5) is 0.166. The van der Waals surface area contributed by atoms with Gasteiger partial charge in [0.25, 0.3) is 0 Å². The summed E-state index contributed by atoms with van der Waals surface area (Å²) >= 11 is 0. The van der Waals surface area contributed by atoms with Crippen molar-refractivity contribution in [3.63, 3.8) is 0 Å². The zero-order valence-electron chi connectivity index (χ0n) is 9.10. The van der Waals surface area contributed by atoms with Crippen LogP contribution in [-0.2, 0) is 9.84 Å². The zero-order chi connectivity index (χ0) is 11.8. The van der Waals surface area contributed by atoms with Crippen LogP contribution in [0, 0.1) is 0 Å². The predicted molar refractivity (Wildman–Crippen MR) is 61.4 cm³/mol. The molecular weight excluding hydrogens is 226 g/mol. The van der Waals surface area contributed by atoms with Gasteiger partial charge in [0, 0.05) is 18.7 Å². The molecule has 2 rings (SSSR count). The Balaban J connectivity index is 2.37. The maximum absolute atomic E-state index is 11.3. The SMILES string of the molecule is CS(=O)(=O)c1ccc(C2CCNC2)c(O)c1. The van der Waals surface area contributed by atoms with Crippen molar-refractivity contribution < 1.29 is 13.5 Å². The number of sulfone groups is 1. The van der Waals surface area contributed by atoms with E-state index in [0.29, 0.717) is 0 Å². The molecule has 0 amide bonds. The monoisotopic (exact) mass is 241 g/mol. The first-order valence-electron chi connectivity index (χ1n) is 5.22. The average molecular weight is 241 g/mol. The highest BCUT2D eigenvalue weighted by Gasteiger charge is 2.20. The summed E-state index contributed by atoms with van der Waals surface area (Å²) in [5, 5.41) is 13.0. The summed E-state index contributed by atoms with van der Waals surface area (Å²) in [6.45, 7) is 1.78. The quantitative estimate of drug-likeness (QED) is 0.806. The smallest absolute Gasteiger partial charge is 0.175 e. The average Bonchev–Trinajstić information content (AvgIpc) is 2.69. The van der Waals surface area contributed by atoms with Crippen LogP contribution in [0.1, 0.15) is 17.9 Å². The maximum Gasteiger partial charge on any atom is 0.175 e. The second-order valence-electron chi connectivity index (χ2n) is 4.18. The minimum Gasteiger partial charge on any atom is -0.508 e. The minimum atomic E-state index is -3.24. The molecule has 1 aromatic carbocycles. The van der Waals surface area contributed by atoms with Crippen molar-refractivity contribution in [3.05, 3.63) is 23.8 Å². The molecule has 1 fully saturated rings. The van der Waals surface area contributed by atoms with Crippen LogP contribution in [-0.4, -0.2) is 32.9 Å². The van der Waals surface area contributed by atoms with Crippen LogP contribution in [0.25, 0.3) is 0 Å². The Hall–Kier alpha value is -1.07.